The van der Waals surface area contributed by atoms with Gasteiger partial charge in [0.25, 0.3) is 0 Å². The van der Waals surface area contributed by atoms with Crippen LogP contribution in [0.15, 0.2) is 48.5 Å². The Bertz CT molecular complexity index is 1280. The molecular weight excluding hydrogens is 454 g/mol. The molecule has 5 rings (SSSR count). The van der Waals surface area contributed by atoms with E-state index >= 15 is 0 Å². The van der Waals surface area contributed by atoms with Crippen LogP contribution in [0.5, 0.6) is 23.8 Å². The molecule has 0 radical (unpaired) electrons. The van der Waals surface area contributed by atoms with Crippen LogP contribution < -0.4 is 14.2 Å². The van der Waals surface area contributed by atoms with Gasteiger partial charge in [0.1, 0.15) is 11.4 Å². The van der Waals surface area contributed by atoms with Gasteiger partial charge in [-0.05, 0) is 80.2 Å². The summed E-state index contributed by atoms with van der Waals surface area (Å²) in [5.74, 6) is 7.05. The van der Waals surface area contributed by atoms with E-state index in [-0.39, 0.29) is 23.4 Å². The van der Waals surface area contributed by atoms with Gasteiger partial charge in [0.15, 0.2) is 0 Å². The minimum Gasteiger partial charge on any atom is -0.467 e. The summed E-state index contributed by atoms with van der Waals surface area (Å²) in [7, 11) is 2.97. The van der Waals surface area contributed by atoms with Crippen molar-refractivity contribution in [3.8, 4) is 35.6 Å². The van der Waals surface area contributed by atoms with Gasteiger partial charge < -0.3 is 19.3 Å². The van der Waals surface area contributed by atoms with Gasteiger partial charge in [-0.3, -0.25) is 0 Å². The summed E-state index contributed by atoms with van der Waals surface area (Å²) in [6.07, 6.45) is 5.08. The molecule has 0 spiro atoms. The normalized spacial score (nSPS) is 24.5. The predicted molar refractivity (Wildman–Crippen MR) is 135 cm³/mol. The molecule has 36 heavy (non-hydrogen) atoms. The van der Waals surface area contributed by atoms with Crippen LogP contribution in [0.4, 0.5) is 0 Å². The number of nitrogens with zero attached hydrogens (tertiary/aromatic N) is 3. The number of hydrogen-bond acceptors (Lipinski definition) is 7. The van der Waals surface area contributed by atoms with Crippen molar-refractivity contribution in [1.82, 2.24) is 15.0 Å². The van der Waals surface area contributed by atoms with Gasteiger partial charge in [0, 0.05) is 5.41 Å². The fourth-order valence-corrected chi connectivity index (χ4v) is 6.02. The smallest absolute Gasteiger partial charge is 0.331 e. The second-order valence-electron chi connectivity index (χ2n) is 9.68. The summed E-state index contributed by atoms with van der Waals surface area (Å²) >= 11 is 0. The maximum absolute atomic E-state index is 11.2. The Kier molecular flexibility index (Phi) is 6.55. The highest BCUT2D eigenvalue weighted by molar-refractivity contribution is 5.46. The Hall–Kier alpha value is -3.63. The molecule has 1 aromatic heterocycles. The fourth-order valence-electron chi connectivity index (χ4n) is 6.02. The zero-order chi connectivity index (χ0) is 25.2. The van der Waals surface area contributed by atoms with Gasteiger partial charge in [-0.2, -0.15) is 0 Å². The molecule has 0 amide bonds. The van der Waals surface area contributed by atoms with Crippen molar-refractivity contribution in [3.05, 3.63) is 65.2 Å². The number of methoxy groups -OCH3 is 2. The molecule has 1 fully saturated rings. The number of aliphatic hydroxyl groups is 1. The molecule has 7 heteroatoms. The van der Waals surface area contributed by atoms with Crippen molar-refractivity contribution < 1.29 is 19.3 Å². The van der Waals surface area contributed by atoms with Crippen molar-refractivity contribution in [3.63, 3.8) is 0 Å². The highest BCUT2D eigenvalue weighted by atomic mass is 16.5. The lowest BCUT2D eigenvalue weighted by atomic mass is 9.52. The Morgan fingerprint density at radius 2 is 1.69 bits per heavy atom. The Balaban J connectivity index is 1.50. The number of rotatable bonds is 6. The first-order valence-corrected chi connectivity index (χ1v) is 12.3. The number of ether oxygens (including phenoxy) is 3. The maximum atomic E-state index is 11.2. The standard InChI is InChI=1S/C29H31N3O4/c1-4-14-28(33)15-16-29(18-20-8-6-5-7-9-20)22(19-28)11-10-21-17-23(12-13-24(21)29)36-27-31-25(34-2)30-26(32-27)35-3/h5-9,12-13,17,22,33H,10-11,15-16,18-19H2,1-3H3/t22-,28-,29+/m1/s1. The number of benzene rings is 2. The first-order chi connectivity index (χ1) is 17.5. The molecule has 0 unspecified atom stereocenters. The topological polar surface area (TPSA) is 86.6 Å². The number of hydrogen-bond donors (Lipinski definition) is 1. The molecule has 1 saturated carbocycles. The minimum atomic E-state index is -0.906. The van der Waals surface area contributed by atoms with E-state index in [1.165, 1.54) is 30.9 Å². The molecule has 3 atom stereocenters. The van der Waals surface area contributed by atoms with Crippen LogP contribution in [0.2, 0.25) is 0 Å². The van der Waals surface area contributed by atoms with E-state index < -0.39 is 5.60 Å². The average molecular weight is 486 g/mol. The van der Waals surface area contributed by atoms with Crippen molar-refractivity contribution in [1.29, 1.82) is 0 Å². The van der Waals surface area contributed by atoms with Gasteiger partial charge >= 0.3 is 18.0 Å². The van der Waals surface area contributed by atoms with E-state index in [1.807, 2.05) is 6.07 Å². The quantitative estimate of drug-likeness (QED) is 0.508. The van der Waals surface area contributed by atoms with E-state index in [4.69, 9.17) is 14.2 Å². The summed E-state index contributed by atoms with van der Waals surface area (Å²) in [5, 5.41) is 11.2. The third-order valence-electron chi connectivity index (χ3n) is 7.59. The van der Waals surface area contributed by atoms with Gasteiger partial charge in [-0.15, -0.1) is 20.9 Å². The zero-order valence-electron chi connectivity index (χ0n) is 21.0. The monoisotopic (exact) mass is 485 g/mol. The number of aromatic nitrogens is 3. The molecule has 2 aromatic carbocycles. The molecule has 1 heterocycles. The molecule has 0 bridgehead atoms. The SMILES string of the molecule is CC#C[C@@]1(O)CC[C@@]2(Cc3ccccc3)c3ccc(Oc4nc(OC)nc(OC)n4)cc3CC[C@@H]2C1. The lowest BCUT2D eigenvalue weighted by Gasteiger charge is -2.52. The summed E-state index contributed by atoms with van der Waals surface area (Å²) in [6, 6.07) is 17.3. The van der Waals surface area contributed by atoms with Gasteiger partial charge in [-0.1, -0.05) is 42.3 Å². The van der Waals surface area contributed by atoms with Gasteiger partial charge in [-0.25, -0.2) is 0 Å². The van der Waals surface area contributed by atoms with E-state index in [0.29, 0.717) is 24.5 Å². The van der Waals surface area contributed by atoms with Crippen LogP contribution in [0.1, 0.15) is 49.3 Å². The van der Waals surface area contributed by atoms with Crippen molar-refractivity contribution in [2.24, 2.45) is 5.92 Å². The van der Waals surface area contributed by atoms with Crippen molar-refractivity contribution in [2.75, 3.05) is 14.2 Å². The molecule has 7 nitrogen and oxygen atoms in total. The first-order valence-electron chi connectivity index (χ1n) is 12.3. The Labute approximate surface area is 211 Å². The third kappa shape index (κ3) is 4.61. The van der Waals surface area contributed by atoms with Crippen LogP contribution in [-0.4, -0.2) is 39.9 Å². The highest BCUT2D eigenvalue weighted by Gasteiger charge is 2.51. The molecule has 2 aliphatic rings. The zero-order valence-corrected chi connectivity index (χ0v) is 21.0. The molecule has 2 aliphatic carbocycles. The van der Waals surface area contributed by atoms with Crippen molar-refractivity contribution >= 4 is 0 Å². The van der Waals surface area contributed by atoms with Crippen LogP contribution in [-0.2, 0) is 18.3 Å². The van der Waals surface area contributed by atoms with Crippen LogP contribution in [0.3, 0.4) is 0 Å². The van der Waals surface area contributed by atoms with E-state index in [0.717, 1.165) is 25.7 Å². The fraction of sp³-hybridized carbons (Fsp3) is 0.414. The number of fused-ring (bicyclic) bond motifs is 3. The first kappa shape index (κ1) is 24.1. The minimum absolute atomic E-state index is 0.0608. The van der Waals surface area contributed by atoms with Gasteiger partial charge in [0.2, 0.25) is 0 Å². The second kappa shape index (κ2) is 9.79. The Morgan fingerprint density at radius 1 is 0.972 bits per heavy atom. The molecule has 186 valence electrons. The highest BCUT2D eigenvalue weighted by Crippen LogP contribution is 2.54. The predicted octanol–water partition coefficient (Wildman–Crippen LogP) is 4.66. The molecular formula is C29H31N3O4. The summed E-state index contributed by atoms with van der Waals surface area (Å²) < 4.78 is 16.3. The molecule has 0 aliphatic heterocycles. The average Bonchev–Trinajstić information content (AvgIpc) is 2.89. The maximum Gasteiger partial charge on any atom is 0.331 e. The molecule has 1 N–H and O–H groups in total. The molecule has 0 saturated heterocycles. The van der Waals surface area contributed by atoms with E-state index in [2.05, 4.69) is 69.3 Å². The van der Waals surface area contributed by atoms with Crippen molar-refractivity contribution in [2.45, 2.75) is 56.5 Å². The summed E-state index contributed by atoms with van der Waals surface area (Å²) in [6.45, 7) is 1.80. The lowest BCUT2D eigenvalue weighted by molar-refractivity contribution is -0.00804. The summed E-state index contributed by atoms with van der Waals surface area (Å²) in [4.78, 5) is 12.4. The lowest BCUT2D eigenvalue weighted by Crippen LogP contribution is -2.50. The van der Waals surface area contributed by atoms with Crippen LogP contribution >= 0.6 is 0 Å². The number of aryl methyl sites for hydroxylation is 1. The van der Waals surface area contributed by atoms with E-state index in [1.54, 1.807) is 6.92 Å². The Morgan fingerprint density at radius 3 is 2.39 bits per heavy atom. The van der Waals surface area contributed by atoms with Crippen LogP contribution in [0, 0.1) is 17.8 Å². The van der Waals surface area contributed by atoms with E-state index in [9.17, 15) is 5.11 Å². The summed E-state index contributed by atoms with van der Waals surface area (Å²) in [5.41, 5.74) is 2.95. The third-order valence-corrected chi connectivity index (χ3v) is 7.59. The largest absolute Gasteiger partial charge is 0.467 e. The van der Waals surface area contributed by atoms with Gasteiger partial charge in [0.05, 0.1) is 14.2 Å². The van der Waals surface area contributed by atoms with Crippen LogP contribution in [0.25, 0.3) is 0 Å². The second-order valence-corrected chi connectivity index (χ2v) is 9.68. The molecule has 3 aromatic rings.